The molecule has 2 nitrogen and oxygen atoms in total. The summed E-state index contributed by atoms with van der Waals surface area (Å²) in [5, 5.41) is 4.23. The van der Waals surface area contributed by atoms with E-state index in [1.165, 1.54) is 25.9 Å². The summed E-state index contributed by atoms with van der Waals surface area (Å²) in [6.07, 6.45) is 2.71. The van der Waals surface area contributed by atoms with Gasteiger partial charge in [-0.15, -0.1) is 0 Å². The van der Waals surface area contributed by atoms with Crippen LogP contribution in [-0.2, 0) is 0 Å². The van der Waals surface area contributed by atoms with Crippen molar-refractivity contribution in [2.24, 2.45) is 11.8 Å². The number of piperidine rings is 1. The highest BCUT2D eigenvalue weighted by Gasteiger charge is 2.20. The minimum atomic E-state index is 0.794. The number of hydrogen-bond acceptors (Lipinski definition) is 2. The van der Waals surface area contributed by atoms with Gasteiger partial charge in [-0.2, -0.15) is 0 Å². The Balaban J connectivity index is 1.67. The molecule has 19 heavy (non-hydrogen) atoms. The van der Waals surface area contributed by atoms with Crippen molar-refractivity contribution in [3.8, 4) is 0 Å². The van der Waals surface area contributed by atoms with Crippen LogP contribution in [0, 0.1) is 11.8 Å². The first-order valence-corrected chi connectivity index (χ1v) is 7.75. The summed E-state index contributed by atoms with van der Waals surface area (Å²) in [6, 6.07) is 7.94. The lowest BCUT2D eigenvalue weighted by Crippen LogP contribution is -2.37. The Kier molecular flexibility index (Phi) is 5.53. The van der Waals surface area contributed by atoms with Crippen LogP contribution >= 0.6 is 11.6 Å². The van der Waals surface area contributed by atoms with Crippen LogP contribution in [0.4, 0.5) is 5.69 Å². The molecule has 1 saturated heterocycles. The summed E-state index contributed by atoms with van der Waals surface area (Å²) >= 11 is 5.97. The average molecular weight is 281 g/mol. The van der Waals surface area contributed by atoms with Gasteiger partial charge in [-0.1, -0.05) is 31.5 Å². The van der Waals surface area contributed by atoms with Crippen LogP contribution in [0.25, 0.3) is 0 Å². The predicted octanol–water partition coefficient (Wildman–Crippen LogP) is 4.12. The first kappa shape index (κ1) is 14.7. The Labute approximate surface area is 122 Å². The maximum absolute atomic E-state index is 5.97. The number of nitrogens with zero attached hydrogens (tertiary/aromatic N) is 1. The van der Waals surface area contributed by atoms with Gasteiger partial charge in [0.15, 0.2) is 0 Å². The van der Waals surface area contributed by atoms with Crippen molar-refractivity contribution in [3.63, 3.8) is 0 Å². The molecule has 0 bridgehead atoms. The summed E-state index contributed by atoms with van der Waals surface area (Å²) in [5.74, 6) is 1.77. The van der Waals surface area contributed by atoms with Crippen LogP contribution in [0.5, 0.6) is 0 Å². The molecular weight excluding hydrogens is 256 g/mol. The van der Waals surface area contributed by atoms with Crippen LogP contribution < -0.4 is 5.32 Å². The molecule has 106 valence electrons. The van der Waals surface area contributed by atoms with Gasteiger partial charge in [0.1, 0.15) is 0 Å². The highest BCUT2D eigenvalue weighted by Crippen LogP contribution is 2.24. The molecule has 0 unspecified atom stereocenters. The van der Waals surface area contributed by atoms with E-state index >= 15 is 0 Å². The van der Waals surface area contributed by atoms with E-state index < -0.39 is 0 Å². The minimum absolute atomic E-state index is 0.794. The maximum Gasteiger partial charge on any atom is 0.0426 e. The lowest BCUT2D eigenvalue weighted by atomic mass is 9.87. The Morgan fingerprint density at radius 2 is 2.05 bits per heavy atom. The molecule has 1 aliphatic heterocycles. The topological polar surface area (TPSA) is 15.3 Å². The van der Waals surface area contributed by atoms with Crippen molar-refractivity contribution in [3.05, 3.63) is 29.3 Å². The van der Waals surface area contributed by atoms with Gasteiger partial charge in [0, 0.05) is 23.8 Å². The van der Waals surface area contributed by atoms with E-state index in [-0.39, 0.29) is 0 Å². The molecule has 1 aliphatic rings. The molecule has 2 rings (SSSR count). The SMILES string of the molecule is CC(C)C1CCN(CCNc2cccc(Cl)c2)CC1. The molecule has 0 aliphatic carbocycles. The van der Waals surface area contributed by atoms with Gasteiger partial charge in [0.05, 0.1) is 0 Å². The fraction of sp³-hybridized carbons (Fsp3) is 0.625. The first-order valence-electron chi connectivity index (χ1n) is 7.37. The smallest absolute Gasteiger partial charge is 0.0426 e. The molecule has 0 spiro atoms. The number of likely N-dealkylation sites (tertiary alicyclic amines) is 1. The molecule has 1 aromatic rings. The quantitative estimate of drug-likeness (QED) is 0.873. The van der Waals surface area contributed by atoms with Gasteiger partial charge in [-0.25, -0.2) is 0 Å². The summed E-state index contributed by atoms with van der Waals surface area (Å²) in [7, 11) is 0. The van der Waals surface area contributed by atoms with E-state index in [0.717, 1.165) is 35.6 Å². The van der Waals surface area contributed by atoms with Crippen LogP contribution in [0.2, 0.25) is 5.02 Å². The maximum atomic E-state index is 5.97. The van der Waals surface area contributed by atoms with Crippen molar-refractivity contribution in [2.45, 2.75) is 26.7 Å². The number of benzene rings is 1. The van der Waals surface area contributed by atoms with Crippen LogP contribution in [-0.4, -0.2) is 31.1 Å². The Morgan fingerprint density at radius 1 is 1.32 bits per heavy atom. The number of rotatable bonds is 5. The van der Waals surface area contributed by atoms with Gasteiger partial charge in [-0.3, -0.25) is 0 Å². The lowest BCUT2D eigenvalue weighted by molar-refractivity contribution is 0.162. The van der Waals surface area contributed by atoms with E-state index in [2.05, 4.69) is 30.1 Å². The van der Waals surface area contributed by atoms with Gasteiger partial charge < -0.3 is 10.2 Å². The summed E-state index contributed by atoms with van der Waals surface area (Å²) in [6.45, 7) is 9.31. The Bertz CT molecular complexity index is 384. The molecule has 1 heterocycles. The van der Waals surface area contributed by atoms with Crippen molar-refractivity contribution >= 4 is 17.3 Å². The highest BCUT2D eigenvalue weighted by molar-refractivity contribution is 6.30. The van der Waals surface area contributed by atoms with E-state index in [0.29, 0.717) is 0 Å². The zero-order valence-corrected chi connectivity index (χ0v) is 12.8. The fourth-order valence-electron chi connectivity index (χ4n) is 2.80. The predicted molar refractivity (Wildman–Crippen MR) is 83.9 cm³/mol. The zero-order chi connectivity index (χ0) is 13.7. The second-order valence-corrected chi connectivity index (χ2v) is 6.30. The van der Waals surface area contributed by atoms with Gasteiger partial charge in [0.2, 0.25) is 0 Å². The lowest BCUT2D eigenvalue weighted by Gasteiger charge is -2.33. The first-order chi connectivity index (χ1) is 9.15. The largest absolute Gasteiger partial charge is 0.384 e. The minimum Gasteiger partial charge on any atom is -0.384 e. The fourth-order valence-corrected chi connectivity index (χ4v) is 2.99. The van der Waals surface area contributed by atoms with Gasteiger partial charge in [-0.05, 0) is 56.0 Å². The van der Waals surface area contributed by atoms with E-state index in [1.54, 1.807) is 0 Å². The van der Waals surface area contributed by atoms with E-state index in [1.807, 2.05) is 18.2 Å². The standard InChI is InChI=1S/C16H25ClN2/c1-13(2)14-6-9-19(10-7-14)11-8-18-16-5-3-4-15(17)12-16/h3-5,12-14,18H,6-11H2,1-2H3. The molecule has 1 N–H and O–H groups in total. The van der Waals surface area contributed by atoms with Crippen LogP contribution in [0.3, 0.4) is 0 Å². The van der Waals surface area contributed by atoms with E-state index in [9.17, 15) is 0 Å². The van der Waals surface area contributed by atoms with Gasteiger partial charge >= 0.3 is 0 Å². The highest BCUT2D eigenvalue weighted by atomic mass is 35.5. The Morgan fingerprint density at radius 3 is 2.68 bits per heavy atom. The van der Waals surface area contributed by atoms with Crippen LogP contribution in [0.15, 0.2) is 24.3 Å². The molecule has 1 aromatic carbocycles. The molecule has 0 radical (unpaired) electrons. The third-order valence-electron chi connectivity index (χ3n) is 4.16. The van der Waals surface area contributed by atoms with Crippen molar-refractivity contribution < 1.29 is 0 Å². The normalized spacial score (nSPS) is 17.9. The van der Waals surface area contributed by atoms with E-state index in [4.69, 9.17) is 11.6 Å². The second-order valence-electron chi connectivity index (χ2n) is 5.86. The molecule has 0 saturated carbocycles. The van der Waals surface area contributed by atoms with Crippen molar-refractivity contribution in [1.29, 1.82) is 0 Å². The Hall–Kier alpha value is -0.730. The summed E-state index contributed by atoms with van der Waals surface area (Å²) < 4.78 is 0. The van der Waals surface area contributed by atoms with Crippen molar-refractivity contribution in [1.82, 2.24) is 4.90 Å². The molecular formula is C16H25ClN2. The molecule has 3 heteroatoms. The van der Waals surface area contributed by atoms with Gasteiger partial charge in [0.25, 0.3) is 0 Å². The molecule has 1 fully saturated rings. The summed E-state index contributed by atoms with van der Waals surface area (Å²) in [5.41, 5.74) is 1.12. The number of anilines is 1. The number of hydrogen-bond donors (Lipinski definition) is 1. The molecule has 0 aromatic heterocycles. The number of halogens is 1. The molecule has 0 atom stereocenters. The molecule has 0 amide bonds. The monoisotopic (exact) mass is 280 g/mol. The zero-order valence-electron chi connectivity index (χ0n) is 12.0. The third kappa shape index (κ3) is 4.70. The van der Waals surface area contributed by atoms with Crippen molar-refractivity contribution in [2.75, 3.05) is 31.5 Å². The van der Waals surface area contributed by atoms with Crippen LogP contribution in [0.1, 0.15) is 26.7 Å². The number of nitrogens with one attached hydrogen (secondary N) is 1. The average Bonchev–Trinajstić information content (AvgIpc) is 2.39. The third-order valence-corrected chi connectivity index (χ3v) is 4.39. The summed E-state index contributed by atoms with van der Waals surface area (Å²) in [4.78, 5) is 2.57. The second kappa shape index (κ2) is 7.16.